The summed E-state index contributed by atoms with van der Waals surface area (Å²) >= 11 is 0. The van der Waals surface area contributed by atoms with Gasteiger partial charge < -0.3 is 5.11 Å². The van der Waals surface area contributed by atoms with E-state index in [2.05, 4.69) is 18.7 Å². The summed E-state index contributed by atoms with van der Waals surface area (Å²) < 4.78 is 0. The number of fused-ring (bicyclic) bond motifs is 5. The van der Waals surface area contributed by atoms with E-state index in [-0.39, 0.29) is 0 Å². The summed E-state index contributed by atoms with van der Waals surface area (Å²) in [5.41, 5.74) is 0.399. The summed E-state index contributed by atoms with van der Waals surface area (Å²) in [6.07, 6.45) is 9.23. The molecule has 16 heavy (non-hydrogen) atoms. The molecule has 3 aliphatic rings. The van der Waals surface area contributed by atoms with Gasteiger partial charge in [-0.1, -0.05) is 18.7 Å². The molecule has 0 aromatic rings. The van der Waals surface area contributed by atoms with Crippen LogP contribution in [0.15, 0.2) is 24.3 Å². The number of rotatable bonds is 3. The van der Waals surface area contributed by atoms with E-state index in [0.717, 1.165) is 23.7 Å². The first-order valence-electron chi connectivity index (χ1n) is 6.24. The standard InChI is InChI=1S/C14H18O2/c1-8(14(15)16)5-9-6-10-7-13(9)12-4-2-3-11(10)12/h2,4,9-13H,1,3,5-7H2,(H,15,16). The number of hydrogen-bond acceptors (Lipinski definition) is 1. The van der Waals surface area contributed by atoms with Crippen LogP contribution in [-0.4, -0.2) is 11.1 Å². The lowest BCUT2D eigenvalue weighted by Crippen LogP contribution is -2.25. The van der Waals surface area contributed by atoms with E-state index in [4.69, 9.17) is 5.11 Å². The molecule has 0 aromatic carbocycles. The Morgan fingerprint density at radius 2 is 2.19 bits per heavy atom. The lowest BCUT2D eigenvalue weighted by Gasteiger charge is -2.31. The van der Waals surface area contributed by atoms with Gasteiger partial charge in [-0.15, -0.1) is 0 Å². The lowest BCUT2D eigenvalue weighted by atomic mass is 9.74. The third-order valence-corrected chi connectivity index (χ3v) is 4.96. The fourth-order valence-corrected chi connectivity index (χ4v) is 4.32. The topological polar surface area (TPSA) is 37.3 Å². The Bertz CT molecular complexity index is 369. The Balaban J connectivity index is 1.70. The third kappa shape index (κ3) is 1.35. The van der Waals surface area contributed by atoms with Gasteiger partial charge in [0.2, 0.25) is 0 Å². The van der Waals surface area contributed by atoms with Gasteiger partial charge in [-0.3, -0.25) is 0 Å². The first kappa shape index (κ1) is 10.1. The van der Waals surface area contributed by atoms with Gasteiger partial charge in [-0.05, 0) is 55.3 Å². The van der Waals surface area contributed by atoms with Gasteiger partial charge in [0.1, 0.15) is 0 Å². The zero-order valence-electron chi connectivity index (χ0n) is 9.43. The average Bonchev–Trinajstić information content (AvgIpc) is 2.87. The summed E-state index contributed by atoms with van der Waals surface area (Å²) in [5.74, 6) is 3.00. The second-order valence-corrected chi connectivity index (χ2v) is 5.67. The Labute approximate surface area is 96.0 Å². The minimum Gasteiger partial charge on any atom is -0.478 e. The normalized spacial score (nSPS) is 43.6. The van der Waals surface area contributed by atoms with Crippen LogP contribution in [0.2, 0.25) is 0 Å². The van der Waals surface area contributed by atoms with E-state index in [1.807, 2.05) is 0 Å². The van der Waals surface area contributed by atoms with Crippen LogP contribution in [0.5, 0.6) is 0 Å². The average molecular weight is 218 g/mol. The molecule has 86 valence electrons. The molecule has 0 aliphatic heterocycles. The van der Waals surface area contributed by atoms with Gasteiger partial charge in [-0.25, -0.2) is 4.79 Å². The van der Waals surface area contributed by atoms with Crippen LogP contribution < -0.4 is 0 Å². The molecular weight excluding hydrogens is 200 g/mol. The molecule has 2 heteroatoms. The molecule has 3 rings (SSSR count). The van der Waals surface area contributed by atoms with E-state index in [1.54, 1.807) is 0 Å². The third-order valence-electron chi connectivity index (χ3n) is 4.96. The first-order chi connectivity index (χ1) is 7.66. The molecule has 2 saturated carbocycles. The van der Waals surface area contributed by atoms with Crippen LogP contribution in [-0.2, 0) is 4.79 Å². The van der Waals surface area contributed by atoms with Crippen molar-refractivity contribution in [2.75, 3.05) is 0 Å². The van der Waals surface area contributed by atoms with E-state index < -0.39 is 5.97 Å². The molecule has 3 aliphatic carbocycles. The Hall–Kier alpha value is -1.05. The number of aliphatic carboxylic acids is 1. The Morgan fingerprint density at radius 3 is 2.94 bits per heavy atom. The zero-order chi connectivity index (χ0) is 11.3. The predicted molar refractivity (Wildman–Crippen MR) is 61.8 cm³/mol. The molecule has 2 nitrogen and oxygen atoms in total. The lowest BCUT2D eigenvalue weighted by molar-refractivity contribution is -0.132. The summed E-state index contributed by atoms with van der Waals surface area (Å²) in [7, 11) is 0. The minimum atomic E-state index is -0.818. The Kier molecular flexibility index (Phi) is 2.20. The minimum absolute atomic E-state index is 0.399. The first-order valence-corrected chi connectivity index (χ1v) is 6.24. The molecule has 0 spiro atoms. The summed E-state index contributed by atoms with van der Waals surface area (Å²) in [6.45, 7) is 3.67. The van der Waals surface area contributed by atoms with Crippen molar-refractivity contribution in [1.82, 2.24) is 0 Å². The smallest absolute Gasteiger partial charge is 0.330 e. The molecule has 5 atom stereocenters. The van der Waals surface area contributed by atoms with E-state index in [9.17, 15) is 4.79 Å². The Morgan fingerprint density at radius 1 is 1.38 bits per heavy atom. The molecule has 0 saturated heterocycles. The van der Waals surface area contributed by atoms with Crippen molar-refractivity contribution in [1.29, 1.82) is 0 Å². The van der Waals surface area contributed by atoms with Crippen molar-refractivity contribution in [3.05, 3.63) is 24.3 Å². The van der Waals surface area contributed by atoms with Gasteiger partial charge in [0, 0.05) is 5.57 Å². The maximum Gasteiger partial charge on any atom is 0.330 e. The van der Waals surface area contributed by atoms with Gasteiger partial charge in [0.15, 0.2) is 0 Å². The van der Waals surface area contributed by atoms with Crippen LogP contribution in [0.1, 0.15) is 25.7 Å². The molecule has 0 radical (unpaired) electrons. The number of carboxylic acids is 1. The molecule has 5 unspecified atom stereocenters. The predicted octanol–water partition coefficient (Wildman–Crippen LogP) is 2.87. The largest absolute Gasteiger partial charge is 0.478 e. The van der Waals surface area contributed by atoms with Crippen molar-refractivity contribution in [2.24, 2.45) is 29.6 Å². The number of allylic oxidation sites excluding steroid dienone is 2. The fraction of sp³-hybridized carbons (Fsp3) is 0.643. The second kappa shape index (κ2) is 3.47. The van der Waals surface area contributed by atoms with E-state index in [1.165, 1.54) is 19.3 Å². The summed E-state index contributed by atoms with van der Waals surface area (Å²) in [6, 6.07) is 0. The highest BCUT2D eigenvalue weighted by molar-refractivity contribution is 5.85. The molecule has 0 amide bonds. The van der Waals surface area contributed by atoms with Gasteiger partial charge in [0.05, 0.1) is 0 Å². The van der Waals surface area contributed by atoms with Crippen LogP contribution >= 0.6 is 0 Å². The monoisotopic (exact) mass is 218 g/mol. The summed E-state index contributed by atoms with van der Waals surface area (Å²) in [4.78, 5) is 10.8. The molecular formula is C14H18O2. The summed E-state index contributed by atoms with van der Waals surface area (Å²) in [5, 5.41) is 8.89. The molecule has 0 aromatic heterocycles. The highest BCUT2D eigenvalue weighted by Crippen LogP contribution is 2.59. The zero-order valence-corrected chi connectivity index (χ0v) is 9.43. The maximum absolute atomic E-state index is 10.8. The van der Waals surface area contributed by atoms with Gasteiger partial charge in [-0.2, -0.15) is 0 Å². The maximum atomic E-state index is 10.8. The number of hydrogen-bond donors (Lipinski definition) is 1. The van der Waals surface area contributed by atoms with Gasteiger partial charge >= 0.3 is 5.97 Å². The van der Waals surface area contributed by atoms with Crippen molar-refractivity contribution in [3.63, 3.8) is 0 Å². The highest BCUT2D eigenvalue weighted by Gasteiger charge is 2.52. The highest BCUT2D eigenvalue weighted by atomic mass is 16.4. The SMILES string of the molecule is C=C(CC1CC2CC1C1C=CCC21)C(=O)O. The van der Waals surface area contributed by atoms with Crippen LogP contribution in [0.3, 0.4) is 0 Å². The second-order valence-electron chi connectivity index (χ2n) is 5.67. The molecule has 2 bridgehead atoms. The molecule has 0 heterocycles. The quantitative estimate of drug-likeness (QED) is 0.584. The van der Waals surface area contributed by atoms with Crippen LogP contribution in [0, 0.1) is 29.6 Å². The van der Waals surface area contributed by atoms with Crippen molar-refractivity contribution < 1.29 is 9.90 Å². The van der Waals surface area contributed by atoms with E-state index >= 15 is 0 Å². The van der Waals surface area contributed by atoms with Crippen LogP contribution in [0.4, 0.5) is 0 Å². The van der Waals surface area contributed by atoms with E-state index in [0.29, 0.717) is 17.9 Å². The fourth-order valence-electron chi connectivity index (χ4n) is 4.32. The molecule has 1 N–H and O–H groups in total. The number of carboxylic acid groups (broad SMARTS) is 1. The number of carbonyl (C=O) groups is 1. The van der Waals surface area contributed by atoms with Gasteiger partial charge in [0.25, 0.3) is 0 Å². The molecule has 2 fully saturated rings. The van der Waals surface area contributed by atoms with Crippen molar-refractivity contribution in [2.45, 2.75) is 25.7 Å². The van der Waals surface area contributed by atoms with Crippen LogP contribution in [0.25, 0.3) is 0 Å². The van der Waals surface area contributed by atoms with Crippen molar-refractivity contribution in [3.8, 4) is 0 Å². The van der Waals surface area contributed by atoms with Crippen molar-refractivity contribution >= 4 is 5.97 Å².